The summed E-state index contributed by atoms with van der Waals surface area (Å²) in [5.74, 6) is 1.76. The van der Waals surface area contributed by atoms with Crippen LogP contribution in [0.5, 0.6) is 5.75 Å². The van der Waals surface area contributed by atoms with Crippen LogP contribution >= 0.6 is 0 Å². The summed E-state index contributed by atoms with van der Waals surface area (Å²) in [5, 5.41) is 12.6. The van der Waals surface area contributed by atoms with E-state index in [1.165, 1.54) is 0 Å². The number of hydrogen-bond donors (Lipinski definition) is 0. The fourth-order valence-electron chi connectivity index (χ4n) is 1.47. The molecule has 1 heterocycles. The zero-order valence-electron chi connectivity index (χ0n) is 10.1. The first-order chi connectivity index (χ1) is 8.81. The Hall–Kier alpha value is -2.35. The Morgan fingerprint density at radius 1 is 1.44 bits per heavy atom. The maximum Gasteiger partial charge on any atom is 0.264 e. The Morgan fingerprint density at radius 3 is 3.11 bits per heavy atom. The Labute approximate surface area is 105 Å². The second-order valence-corrected chi connectivity index (χ2v) is 3.78. The van der Waals surface area contributed by atoms with E-state index in [2.05, 4.69) is 23.1 Å². The molecule has 0 spiro atoms. The van der Waals surface area contributed by atoms with Gasteiger partial charge in [0.1, 0.15) is 5.75 Å². The molecule has 0 bridgehead atoms. The summed E-state index contributed by atoms with van der Waals surface area (Å²) < 4.78 is 10.5. The monoisotopic (exact) mass is 243 g/mol. The lowest BCUT2D eigenvalue weighted by Gasteiger charge is -2.02. The highest BCUT2D eigenvalue weighted by Gasteiger charge is 2.06. The molecule has 0 fully saturated rings. The van der Waals surface area contributed by atoms with Gasteiger partial charge in [-0.2, -0.15) is 10.2 Å². The highest BCUT2D eigenvalue weighted by molar-refractivity contribution is 5.36. The fraction of sp³-hybridized carbons (Fsp3) is 0.308. The van der Waals surface area contributed by atoms with E-state index in [1.807, 2.05) is 0 Å². The summed E-state index contributed by atoms with van der Waals surface area (Å²) in [6.07, 6.45) is 1.78. The van der Waals surface area contributed by atoms with Crippen molar-refractivity contribution in [1.82, 2.24) is 10.1 Å². The lowest BCUT2D eigenvalue weighted by Crippen LogP contribution is -1.96. The molecule has 0 aliphatic rings. The van der Waals surface area contributed by atoms with Gasteiger partial charge < -0.3 is 9.26 Å². The van der Waals surface area contributed by atoms with E-state index in [4.69, 9.17) is 14.5 Å². The summed E-state index contributed by atoms with van der Waals surface area (Å²) in [6.45, 7) is 2.27. The summed E-state index contributed by atoms with van der Waals surface area (Å²) in [4.78, 5) is 4.19. The van der Waals surface area contributed by atoms with Gasteiger partial charge in [-0.3, -0.25) is 0 Å². The van der Waals surface area contributed by atoms with Crippen LogP contribution in [0.1, 0.15) is 30.6 Å². The predicted molar refractivity (Wildman–Crippen MR) is 63.8 cm³/mol. The van der Waals surface area contributed by atoms with Gasteiger partial charge in [0.25, 0.3) is 5.89 Å². The van der Waals surface area contributed by atoms with Gasteiger partial charge in [0.15, 0.2) is 12.4 Å². The minimum atomic E-state index is 0.214. The van der Waals surface area contributed by atoms with Gasteiger partial charge in [-0.15, -0.1) is 0 Å². The number of hydrogen-bond acceptors (Lipinski definition) is 5. The molecule has 0 aliphatic carbocycles. The number of aryl methyl sites for hydroxylation is 1. The summed E-state index contributed by atoms with van der Waals surface area (Å²) in [6, 6.07) is 9.00. The largest absolute Gasteiger partial charge is 0.484 e. The van der Waals surface area contributed by atoms with Crippen molar-refractivity contribution in [2.45, 2.75) is 26.4 Å². The van der Waals surface area contributed by atoms with E-state index < -0.39 is 0 Å². The normalized spacial score (nSPS) is 10.0. The van der Waals surface area contributed by atoms with E-state index in [0.717, 1.165) is 12.8 Å². The molecule has 0 saturated heterocycles. The molecule has 92 valence electrons. The van der Waals surface area contributed by atoms with Crippen LogP contribution in [0.15, 0.2) is 28.8 Å². The van der Waals surface area contributed by atoms with Crippen molar-refractivity contribution in [1.29, 1.82) is 5.26 Å². The number of nitriles is 1. The van der Waals surface area contributed by atoms with E-state index in [-0.39, 0.29) is 6.61 Å². The predicted octanol–water partition coefficient (Wildman–Crippen LogP) is 2.47. The molecule has 0 N–H and O–H groups in total. The van der Waals surface area contributed by atoms with E-state index in [9.17, 15) is 0 Å². The second-order valence-electron chi connectivity index (χ2n) is 3.78. The molecule has 5 heteroatoms. The topological polar surface area (TPSA) is 71.9 Å². The molecule has 0 radical (unpaired) electrons. The Kier molecular flexibility index (Phi) is 3.92. The molecule has 18 heavy (non-hydrogen) atoms. The first-order valence-corrected chi connectivity index (χ1v) is 5.76. The third-order valence-corrected chi connectivity index (χ3v) is 2.31. The van der Waals surface area contributed by atoms with Gasteiger partial charge in [-0.25, -0.2) is 0 Å². The van der Waals surface area contributed by atoms with Crippen molar-refractivity contribution in [2.24, 2.45) is 0 Å². The van der Waals surface area contributed by atoms with Crippen LogP contribution in [-0.4, -0.2) is 10.1 Å². The van der Waals surface area contributed by atoms with Crippen LogP contribution in [0.3, 0.4) is 0 Å². The SMILES string of the molecule is CCCc1noc(COc2cccc(C#N)c2)n1. The molecular formula is C13H13N3O2. The lowest BCUT2D eigenvalue weighted by molar-refractivity contribution is 0.242. The van der Waals surface area contributed by atoms with Crippen LogP contribution in [0.4, 0.5) is 0 Å². The molecule has 0 unspecified atom stereocenters. The minimum Gasteiger partial charge on any atom is -0.484 e. The zero-order valence-corrected chi connectivity index (χ0v) is 10.1. The molecule has 5 nitrogen and oxygen atoms in total. The van der Waals surface area contributed by atoms with Crippen molar-refractivity contribution in [3.05, 3.63) is 41.5 Å². The highest BCUT2D eigenvalue weighted by atomic mass is 16.5. The summed E-state index contributed by atoms with van der Waals surface area (Å²) in [5.41, 5.74) is 0.560. The lowest BCUT2D eigenvalue weighted by atomic mass is 10.2. The molecular weight excluding hydrogens is 230 g/mol. The maximum atomic E-state index is 8.76. The third kappa shape index (κ3) is 3.08. The highest BCUT2D eigenvalue weighted by Crippen LogP contribution is 2.14. The average molecular weight is 243 g/mol. The Morgan fingerprint density at radius 2 is 2.33 bits per heavy atom. The van der Waals surface area contributed by atoms with Crippen molar-refractivity contribution in [2.75, 3.05) is 0 Å². The first-order valence-electron chi connectivity index (χ1n) is 5.76. The quantitative estimate of drug-likeness (QED) is 0.806. The summed E-state index contributed by atoms with van der Waals surface area (Å²) >= 11 is 0. The van der Waals surface area contributed by atoms with Crippen LogP contribution < -0.4 is 4.74 Å². The van der Waals surface area contributed by atoms with Gasteiger partial charge >= 0.3 is 0 Å². The van der Waals surface area contributed by atoms with E-state index >= 15 is 0 Å². The van der Waals surface area contributed by atoms with Gasteiger partial charge in [0.2, 0.25) is 0 Å². The number of nitrogens with zero attached hydrogens (tertiary/aromatic N) is 3. The van der Waals surface area contributed by atoms with Crippen molar-refractivity contribution in [3.63, 3.8) is 0 Å². The van der Waals surface area contributed by atoms with Gasteiger partial charge in [-0.05, 0) is 24.6 Å². The molecule has 1 aromatic heterocycles. The minimum absolute atomic E-state index is 0.214. The number of benzene rings is 1. The van der Waals surface area contributed by atoms with Crippen LogP contribution in [-0.2, 0) is 13.0 Å². The van der Waals surface area contributed by atoms with E-state index in [0.29, 0.717) is 23.0 Å². The smallest absolute Gasteiger partial charge is 0.264 e. The number of rotatable bonds is 5. The van der Waals surface area contributed by atoms with Crippen molar-refractivity contribution in [3.8, 4) is 11.8 Å². The molecule has 0 aliphatic heterocycles. The molecule has 2 rings (SSSR count). The van der Waals surface area contributed by atoms with Crippen molar-refractivity contribution >= 4 is 0 Å². The second kappa shape index (κ2) is 5.82. The third-order valence-electron chi connectivity index (χ3n) is 2.31. The number of ether oxygens (including phenoxy) is 1. The van der Waals surface area contributed by atoms with Gasteiger partial charge in [-0.1, -0.05) is 18.1 Å². The standard InChI is InChI=1S/C13H13N3O2/c1-2-4-12-15-13(18-16-12)9-17-11-6-3-5-10(7-11)8-14/h3,5-7H,2,4,9H2,1H3. The van der Waals surface area contributed by atoms with Gasteiger partial charge in [0, 0.05) is 6.42 Å². The van der Waals surface area contributed by atoms with Crippen LogP contribution in [0, 0.1) is 11.3 Å². The fourth-order valence-corrected chi connectivity index (χ4v) is 1.47. The van der Waals surface area contributed by atoms with E-state index in [1.54, 1.807) is 24.3 Å². The van der Waals surface area contributed by atoms with Crippen LogP contribution in [0.2, 0.25) is 0 Å². The summed E-state index contributed by atoms with van der Waals surface area (Å²) in [7, 11) is 0. The van der Waals surface area contributed by atoms with Gasteiger partial charge in [0.05, 0.1) is 11.6 Å². The molecule has 0 saturated carbocycles. The molecule has 0 atom stereocenters. The molecule has 0 amide bonds. The zero-order chi connectivity index (χ0) is 12.8. The maximum absolute atomic E-state index is 8.76. The number of aromatic nitrogens is 2. The average Bonchev–Trinajstić information content (AvgIpc) is 2.85. The van der Waals surface area contributed by atoms with Crippen LogP contribution in [0.25, 0.3) is 0 Å². The Balaban J connectivity index is 1.96. The molecule has 2 aromatic rings. The first kappa shape index (κ1) is 12.1. The molecule has 1 aromatic carbocycles. The Bertz CT molecular complexity index is 557. The van der Waals surface area contributed by atoms with Crippen molar-refractivity contribution < 1.29 is 9.26 Å².